The highest BCUT2D eigenvalue weighted by Gasteiger charge is 2.32. The van der Waals surface area contributed by atoms with Gasteiger partial charge in [-0.1, -0.05) is 24.3 Å². The van der Waals surface area contributed by atoms with Crippen molar-refractivity contribution >= 4 is 22.9 Å². The molecule has 0 amide bonds. The fourth-order valence-corrected chi connectivity index (χ4v) is 2.76. The van der Waals surface area contributed by atoms with E-state index in [9.17, 15) is 5.11 Å². The Morgan fingerprint density at radius 1 is 1.14 bits per heavy atom. The van der Waals surface area contributed by atoms with Crippen LogP contribution >= 0.6 is 0 Å². The van der Waals surface area contributed by atoms with E-state index in [2.05, 4.69) is 19.9 Å². The number of benzene rings is 2. The van der Waals surface area contributed by atoms with Crippen LogP contribution in [-0.2, 0) is 0 Å². The molecule has 21 heavy (non-hydrogen) atoms. The molecule has 6 nitrogen and oxygen atoms in total. The normalized spacial score (nSPS) is 17.1. The topological polar surface area (TPSA) is 91.9 Å². The molecular formula is C15H15N5O+2. The minimum atomic E-state index is -0.190. The molecule has 0 saturated heterocycles. The number of H-pyrrole nitrogens is 1. The number of guanidine groups is 1. The number of nitrogens with one attached hydrogen (secondary N) is 3. The summed E-state index contributed by atoms with van der Waals surface area (Å²) in [5.41, 5.74) is 8.93. The predicted molar refractivity (Wildman–Crippen MR) is 78.5 cm³/mol. The van der Waals surface area contributed by atoms with Crippen LogP contribution in [0.2, 0.25) is 0 Å². The van der Waals surface area contributed by atoms with Gasteiger partial charge < -0.3 is 5.11 Å². The highest BCUT2D eigenvalue weighted by Crippen LogP contribution is 2.19. The monoisotopic (exact) mass is 281 g/mol. The quantitative estimate of drug-likeness (QED) is 0.390. The highest BCUT2D eigenvalue weighted by atomic mass is 16.3. The average molecular weight is 281 g/mol. The minimum Gasteiger partial charge on any atom is -0.508 e. The van der Waals surface area contributed by atoms with Crippen molar-refractivity contribution in [2.24, 2.45) is 5.73 Å². The third-order valence-corrected chi connectivity index (χ3v) is 3.65. The van der Waals surface area contributed by atoms with Gasteiger partial charge in [0.25, 0.3) is 0 Å². The summed E-state index contributed by atoms with van der Waals surface area (Å²) in [4.78, 5) is 6.52. The van der Waals surface area contributed by atoms with Gasteiger partial charge in [-0.25, -0.2) is 9.98 Å². The number of para-hydroxylation sites is 2. The average Bonchev–Trinajstić information content (AvgIpc) is 2.84. The minimum absolute atomic E-state index is 0.190. The molecule has 3 aromatic rings. The van der Waals surface area contributed by atoms with Crippen LogP contribution in [0.5, 0.6) is 5.75 Å². The molecule has 0 bridgehead atoms. The lowest BCUT2D eigenvalue weighted by Gasteiger charge is -2.16. The zero-order valence-electron chi connectivity index (χ0n) is 11.2. The molecule has 0 unspecified atom stereocenters. The third kappa shape index (κ3) is 1.80. The van der Waals surface area contributed by atoms with E-state index in [0.717, 1.165) is 22.5 Å². The van der Waals surface area contributed by atoms with Crippen molar-refractivity contribution in [1.82, 2.24) is 4.98 Å². The number of hydrogen-bond donors (Lipinski definition) is 5. The number of nitrogens with two attached hydrogens (primary N) is 1. The summed E-state index contributed by atoms with van der Waals surface area (Å²) in [6.45, 7) is 0. The lowest BCUT2D eigenvalue weighted by atomic mass is 10.1. The van der Waals surface area contributed by atoms with Gasteiger partial charge in [-0.15, -0.1) is 0 Å². The van der Waals surface area contributed by atoms with E-state index in [1.807, 2.05) is 36.4 Å². The first-order valence-electron chi connectivity index (χ1n) is 6.69. The number of fused-ring (bicyclic) bond motifs is 3. The maximum absolute atomic E-state index is 9.72. The molecule has 6 heteroatoms. The Bertz CT molecular complexity index is 867. The summed E-state index contributed by atoms with van der Waals surface area (Å²) < 4.78 is 2.08. The highest BCUT2D eigenvalue weighted by molar-refractivity contribution is 5.87. The molecule has 2 heterocycles. The van der Waals surface area contributed by atoms with Gasteiger partial charge in [0.1, 0.15) is 16.8 Å². The Hall–Kier alpha value is -3.02. The van der Waals surface area contributed by atoms with Gasteiger partial charge in [-0.2, -0.15) is 9.88 Å². The van der Waals surface area contributed by atoms with E-state index < -0.39 is 0 Å². The van der Waals surface area contributed by atoms with E-state index >= 15 is 0 Å². The number of nitrogens with zero attached hydrogens (tertiary/aromatic N) is 1. The Labute approximate surface area is 120 Å². The van der Waals surface area contributed by atoms with Crippen LogP contribution < -0.4 is 20.6 Å². The number of phenols is 1. The third-order valence-electron chi connectivity index (χ3n) is 3.65. The largest absolute Gasteiger partial charge is 0.508 e. The first-order valence-corrected chi connectivity index (χ1v) is 6.69. The second-order valence-corrected chi connectivity index (χ2v) is 5.04. The number of imidazole rings is 1. The number of rotatable bonds is 1. The van der Waals surface area contributed by atoms with Crippen LogP contribution in [0.15, 0.2) is 48.5 Å². The van der Waals surface area contributed by atoms with Gasteiger partial charge in [0.2, 0.25) is 6.17 Å². The van der Waals surface area contributed by atoms with Crippen molar-refractivity contribution in [3.63, 3.8) is 0 Å². The molecule has 104 valence electrons. The Balaban J connectivity index is 1.97. The van der Waals surface area contributed by atoms with Crippen LogP contribution in [0.25, 0.3) is 11.0 Å². The molecule has 2 aromatic carbocycles. The smallest absolute Gasteiger partial charge is 0.368 e. The first kappa shape index (κ1) is 11.8. The van der Waals surface area contributed by atoms with E-state index in [0.29, 0.717) is 5.96 Å². The lowest BCUT2D eigenvalue weighted by molar-refractivity contribution is -0.840. The van der Waals surface area contributed by atoms with Crippen molar-refractivity contribution in [1.29, 1.82) is 0 Å². The molecule has 1 aliphatic rings. The zero-order valence-corrected chi connectivity index (χ0v) is 11.2. The van der Waals surface area contributed by atoms with Crippen molar-refractivity contribution in [3.05, 3.63) is 54.1 Å². The van der Waals surface area contributed by atoms with Crippen LogP contribution in [0.4, 0.5) is 5.95 Å². The fourth-order valence-electron chi connectivity index (χ4n) is 2.76. The van der Waals surface area contributed by atoms with Crippen LogP contribution in [-0.4, -0.2) is 16.1 Å². The number of aromatic nitrogens is 2. The Morgan fingerprint density at radius 2 is 2.00 bits per heavy atom. The van der Waals surface area contributed by atoms with E-state index in [1.165, 1.54) is 0 Å². The van der Waals surface area contributed by atoms with Gasteiger partial charge >= 0.3 is 11.9 Å². The molecule has 1 atom stereocenters. The molecule has 0 spiro atoms. The summed E-state index contributed by atoms with van der Waals surface area (Å²) in [5, 5.41) is 12.8. The summed E-state index contributed by atoms with van der Waals surface area (Å²) in [6, 6.07) is 15.2. The predicted octanol–water partition coefficient (Wildman–Crippen LogP) is -0.471. The van der Waals surface area contributed by atoms with Crippen LogP contribution in [0.1, 0.15) is 11.7 Å². The first-order chi connectivity index (χ1) is 10.2. The molecule has 0 radical (unpaired) electrons. The fraction of sp³-hybridized carbons (Fsp3) is 0.0667. The van der Waals surface area contributed by atoms with Gasteiger partial charge in [-0.05, 0) is 24.3 Å². The maximum atomic E-state index is 9.72. The molecule has 1 aromatic heterocycles. The number of aromatic amines is 1. The maximum Gasteiger partial charge on any atom is 0.368 e. The number of aromatic hydroxyl groups is 1. The molecule has 0 fully saturated rings. The lowest BCUT2D eigenvalue weighted by Crippen LogP contribution is -2.88. The van der Waals surface area contributed by atoms with Crippen molar-refractivity contribution < 1.29 is 14.7 Å². The Morgan fingerprint density at radius 3 is 2.86 bits per heavy atom. The Kier molecular flexibility index (Phi) is 2.38. The van der Waals surface area contributed by atoms with E-state index in [1.54, 1.807) is 12.1 Å². The molecule has 6 N–H and O–H groups in total. The number of anilines is 1. The van der Waals surface area contributed by atoms with Crippen molar-refractivity contribution in [2.45, 2.75) is 6.17 Å². The zero-order chi connectivity index (χ0) is 14.4. The van der Waals surface area contributed by atoms with Gasteiger partial charge in [0.05, 0.1) is 0 Å². The standard InChI is InChI=1S/C15H13N5O/c16-14-18-13(9-4-3-5-10(21)8-9)20-12-7-2-1-6-11(12)17-15(20)19-14/h1-8,13H,(H4,16,17,18,19,21)/p+2/t13-/m0/s1. The van der Waals surface area contributed by atoms with Crippen molar-refractivity contribution in [2.75, 3.05) is 5.32 Å². The molecule has 4 rings (SSSR count). The summed E-state index contributed by atoms with van der Waals surface area (Å²) >= 11 is 0. The van der Waals surface area contributed by atoms with E-state index in [-0.39, 0.29) is 11.9 Å². The van der Waals surface area contributed by atoms with Gasteiger partial charge in [-0.3, -0.25) is 5.73 Å². The summed E-state index contributed by atoms with van der Waals surface area (Å²) in [5.74, 6) is 1.50. The van der Waals surface area contributed by atoms with Gasteiger partial charge in [0, 0.05) is 5.56 Å². The van der Waals surface area contributed by atoms with Crippen LogP contribution in [0.3, 0.4) is 0 Å². The van der Waals surface area contributed by atoms with E-state index in [4.69, 9.17) is 5.73 Å². The van der Waals surface area contributed by atoms with Crippen LogP contribution in [0, 0.1) is 0 Å². The summed E-state index contributed by atoms with van der Waals surface area (Å²) in [7, 11) is 0. The number of phenolic OH excluding ortho intramolecular Hbond substituents is 1. The number of hydrogen-bond acceptors (Lipinski definition) is 3. The second-order valence-electron chi connectivity index (χ2n) is 5.04. The molecular weight excluding hydrogens is 266 g/mol. The van der Waals surface area contributed by atoms with Gasteiger partial charge in [0.15, 0.2) is 0 Å². The second kappa shape index (κ2) is 4.24. The molecule has 0 saturated carbocycles. The summed E-state index contributed by atoms with van der Waals surface area (Å²) in [6.07, 6.45) is -0.190. The molecule has 1 aliphatic heterocycles. The van der Waals surface area contributed by atoms with Crippen molar-refractivity contribution in [3.8, 4) is 5.75 Å². The SMILES string of the molecule is NC1=[NH+][C@H](c2cccc(O)c2)[n+]2c([nH]c3ccccc32)N1. The molecule has 0 aliphatic carbocycles.